The van der Waals surface area contributed by atoms with Crippen molar-refractivity contribution in [1.29, 1.82) is 0 Å². The number of sulfonamides is 1. The minimum atomic E-state index is -3.96. The number of methoxy groups -OCH3 is 1. The quantitative estimate of drug-likeness (QED) is 0.604. The average Bonchev–Trinajstić information content (AvgIpc) is 2.69. The van der Waals surface area contributed by atoms with E-state index in [-0.39, 0.29) is 20.7 Å². The topological polar surface area (TPSA) is 55.4 Å². The number of benzene rings is 3. The van der Waals surface area contributed by atoms with Crippen LogP contribution in [-0.4, -0.2) is 15.5 Å². The molecule has 0 saturated carbocycles. The molecular formula is C20H17Cl2NO3S. The van der Waals surface area contributed by atoms with E-state index >= 15 is 0 Å². The highest BCUT2D eigenvalue weighted by Crippen LogP contribution is 2.38. The predicted octanol–water partition coefficient (Wildman–Crippen LogP) is 5.07. The number of hydrogen-bond acceptors (Lipinski definition) is 3. The molecule has 0 aliphatic carbocycles. The molecule has 0 unspecified atom stereocenters. The maximum absolute atomic E-state index is 13.1. The van der Waals surface area contributed by atoms with E-state index in [4.69, 9.17) is 27.9 Å². The highest BCUT2D eigenvalue weighted by molar-refractivity contribution is 7.89. The maximum atomic E-state index is 13.1. The fourth-order valence-corrected chi connectivity index (χ4v) is 4.59. The molecule has 3 aromatic carbocycles. The standard InChI is InChI=1S/C20H17Cl2NO3S/c1-26-20-17(13-12-16(21)18(20)22)27(24,25)23-19(14-8-4-2-5-9-14)15-10-6-3-7-11-15/h2-13,19,23H,1H3. The van der Waals surface area contributed by atoms with E-state index in [0.717, 1.165) is 11.1 Å². The van der Waals surface area contributed by atoms with E-state index in [2.05, 4.69) is 4.72 Å². The maximum Gasteiger partial charge on any atom is 0.245 e. The summed E-state index contributed by atoms with van der Waals surface area (Å²) < 4.78 is 34.2. The molecule has 27 heavy (non-hydrogen) atoms. The Bertz CT molecular complexity index is 986. The summed E-state index contributed by atoms with van der Waals surface area (Å²) in [4.78, 5) is -0.0729. The molecule has 0 heterocycles. The van der Waals surface area contributed by atoms with Gasteiger partial charge in [0.2, 0.25) is 10.0 Å². The zero-order chi connectivity index (χ0) is 19.4. The number of hydrogen-bond donors (Lipinski definition) is 1. The van der Waals surface area contributed by atoms with Gasteiger partial charge >= 0.3 is 0 Å². The van der Waals surface area contributed by atoms with Crippen molar-refractivity contribution in [3.8, 4) is 5.75 Å². The van der Waals surface area contributed by atoms with Crippen molar-refractivity contribution in [2.45, 2.75) is 10.9 Å². The largest absolute Gasteiger partial charge is 0.494 e. The summed E-state index contributed by atoms with van der Waals surface area (Å²) in [6.07, 6.45) is 0. The molecule has 4 nitrogen and oxygen atoms in total. The smallest absolute Gasteiger partial charge is 0.245 e. The van der Waals surface area contributed by atoms with Crippen molar-refractivity contribution >= 4 is 33.2 Å². The number of nitrogens with one attached hydrogen (secondary N) is 1. The molecule has 3 rings (SSSR count). The lowest BCUT2D eigenvalue weighted by molar-refractivity contribution is 0.402. The van der Waals surface area contributed by atoms with Gasteiger partial charge in [-0.15, -0.1) is 0 Å². The average molecular weight is 422 g/mol. The number of ether oxygens (including phenoxy) is 1. The molecule has 0 bridgehead atoms. The van der Waals surface area contributed by atoms with E-state index in [1.54, 1.807) is 0 Å². The molecule has 0 aliphatic heterocycles. The Kier molecular flexibility index (Phi) is 6.07. The van der Waals surface area contributed by atoms with Gasteiger partial charge in [0.15, 0.2) is 5.75 Å². The molecular weight excluding hydrogens is 405 g/mol. The van der Waals surface area contributed by atoms with Crippen LogP contribution in [0.3, 0.4) is 0 Å². The summed E-state index contributed by atoms with van der Waals surface area (Å²) >= 11 is 12.1. The minimum absolute atomic E-state index is 0.0107. The molecule has 0 spiro atoms. The summed E-state index contributed by atoms with van der Waals surface area (Å²) in [5.41, 5.74) is 1.62. The lowest BCUT2D eigenvalue weighted by Crippen LogP contribution is -2.29. The predicted molar refractivity (Wildman–Crippen MR) is 108 cm³/mol. The van der Waals surface area contributed by atoms with E-state index in [0.29, 0.717) is 0 Å². The van der Waals surface area contributed by atoms with Crippen molar-refractivity contribution in [3.63, 3.8) is 0 Å². The molecule has 0 radical (unpaired) electrons. The molecule has 0 aromatic heterocycles. The van der Waals surface area contributed by atoms with E-state index in [1.807, 2.05) is 60.7 Å². The molecule has 0 atom stereocenters. The second kappa shape index (κ2) is 8.31. The summed E-state index contributed by atoms with van der Waals surface area (Å²) in [6, 6.07) is 20.9. The Morgan fingerprint density at radius 1 is 0.852 bits per heavy atom. The SMILES string of the molecule is COc1c(S(=O)(=O)NC(c2ccccc2)c2ccccc2)ccc(Cl)c1Cl. The fraction of sp³-hybridized carbons (Fsp3) is 0.100. The highest BCUT2D eigenvalue weighted by atomic mass is 35.5. The number of halogens is 2. The molecule has 0 saturated heterocycles. The summed E-state index contributed by atoms with van der Waals surface area (Å²) in [5, 5.41) is 0.271. The van der Waals surface area contributed by atoms with Crippen molar-refractivity contribution in [2.75, 3.05) is 7.11 Å². The zero-order valence-electron chi connectivity index (χ0n) is 14.4. The Labute approximate surface area is 168 Å². The van der Waals surface area contributed by atoms with Crippen molar-refractivity contribution in [3.05, 3.63) is 94.0 Å². The van der Waals surface area contributed by atoms with Crippen LogP contribution in [0.1, 0.15) is 17.2 Å². The molecule has 3 aromatic rings. The van der Waals surface area contributed by atoms with Gasteiger partial charge in [0.25, 0.3) is 0 Å². The normalized spacial score (nSPS) is 11.6. The summed E-state index contributed by atoms with van der Waals surface area (Å²) in [5.74, 6) is 0.0107. The van der Waals surface area contributed by atoms with Crippen LogP contribution in [0.4, 0.5) is 0 Å². The Morgan fingerprint density at radius 3 is 1.85 bits per heavy atom. The Morgan fingerprint density at radius 2 is 1.37 bits per heavy atom. The number of rotatable bonds is 6. The first kappa shape index (κ1) is 19.7. The second-order valence-corrected chi connectivity index (χ2v) is 8.24. The highest BCUT2D eigenvalue weighted by Gasteiger charge is 2.27. The van der Waals surface area contributed by atoms with Crippen LogP contribution in [0, 0.1) is 0 Å². The van der Waals surface area contributed by atoms with Crippen LogP contribution in [0.25, 0.3) is 0 Å². The van der Waals surface area contributed by atoms with Gasteiger partial charge in [-0.1, -0.05) is 83.9 Å². The van der Waals surface area contributed by atoms with E-state index in [1.165, 1.54) is 19.2 Å². The monoisotopic (exact) mass is 421 g/mol. The van der Waals surface area contributed by atoms with Gasteiger partial charge in [0.05, 0.1) is 18.2 Å². The summed E-state index contributed by atoms with van der Waals surface area (Å²) in [6.45, 7) is 0. The molecule has 7 heteroatoms. The van der Waals surface area contributed by atoms with E-state index in [9.17, 15) is 8.42 Å². The third-order valence-corrected chi connectivity index (χ3v) is 6.28. The van der Waals surface area contributed by atoms with Crippen LogP contribution in [0.5, 0.6) is 5.75 Å². The van der Waals surface area contributed by atoms with Gasteiger partial charge in [0.1, 0.15) is 9.92 Å². The van der Waals surface area contributed by atoms with Crippen molar-refractivity contribution in [2.24, 2.45) is 0 Å². The van der Waals surface area contributed by atoms with E-state index < -0.39 is 16.1 Å². The minimum Gasteiger partial charge on any atom is -0.494 e. The van der Waals surface area contributed by atoms with Crippen LogP contribution < -0.4 is 9.46 Å². The molecule has 0 fully saturated rings. The van der Waals surface area contributed by atoms with Gasteiger partial charge in [-0.2, -0.15) is 4.72 Å². The van der Waals surface area contributed by atoms with Crippen molar-refractivity contribution in [1.82, 2.24) is 4.72 Å². The zero-order valence-corrected chi connectivity index (χ0v) is 16.7. The van der Waals surface area contributed by atoms with Gasteiger partial charge < -0.3 is 4.74 Å². The Balaban J connectivity index is 2.08. The van der Waals surface area contributed by atoms with Gasteiger partial charge in [-0.25, -0.2) is 8.42 Å². The van der Waals surface area contributed by atoms with Gasteiger partial charge in [-0.3, -0.25) is 0 Å². The molecule has 140 valence electrons. The lowest BCUT2D eigenvalue weighted by atomic mass is 10.00. The third-order valence-electron chi connectivity index (χ3n) is 4.05. The molecule has 1 N–H and O–H groups in total. The van der Waals surface area contributed by atoms with Gasteiger partial charge in [-0.05, 0) is 23.3 Å². The Hall–Kier alpha value is -2.05. The van der Waals surface area contributed by atoms with Crippen LogP contribution in [0.15, 0.2) is 77.7 Å². The fourth-order valence-electron chi connectivity index (χ4n) is 2.75. The first-order valence-electron chi connectivity index (χ1n) is 8.08. The molecule has 0 aliphatic rings. The molecule has 0 amide bonds. The van der Waals surface area contributed by atoms with Gasteiger partial charge in [0, 0.05) is 0 Å². The summed E-state index contributed by atoms with van der Waals surface area (Å²) in [7, 11) is -2.61. The lowest BCUT2D eigenvalue weighted by Gasteiger charge is -2.21. The van der Waals surface area contributed by atoms with Crippen molar-refractivity contribution < 1.29 is 13.2 Å². The first-order chi connectivity index (χ1) is 12.9. The third kappa shape index (κ3) is 4.28. The van der Waals surface area contributed by atoms with Crippen LogP contribution in [-0.2, 0) is 10.0 Å². The van der Waals surface area contributed by atoms with Crippen LogP contribution in [0.2, 0.25) is 10.0 Å². The first-order valence-corrected chi connectivity index (χ1v) is 10.3. The van der Waals surface area contributed by atoms with Crippen LogP contribution >= 0.6 is 23.2 Å². The second-order valence-electron chi connectivity index (χ2n) is 5.77.